The highest BCUT2D eigenvalue weighted by Crippen LogP contribution is 2.34. The fourth-order valence-electron chi connectivity index (χ4n) is 2.85. The summed E-state index contributed by atoms with van der Waals surface area (Å²) in [5, 5.41) is 25.3. The number of halogens is 2. The molecule has 0 saturated heterocycles. The lowest BCUT2D eigenvalue weighted by Gasteiger charge is -2.15. The predicted molar refractivity (Wildman–Crippen MR) is 136 cm³/mol. The molecule has 11 heteroatoms. The minimum Gasteiger partial charge on any atom is -0.507 e. The highest BCUT2D eigenvalue weighted by Gasteiger charge is 2.16. The molecule has 34 heavy (non-hydrogen) atoms. The van der Waals surface area contributed by atoms with E-state index in [1.54, 1.807) is 24.3 Å². The molecule has 2 N–H and O–H groups in total. The molecule has 1 amide bonds. The first-order valence-electron chi connectivity index (χ1n) is 9.93. The van der Waals surface area contributed by atoms with E-state index in [0.717, 1.165) is 27.3 Å². The van der Waals surface area contributed by atoms with Gasteiger partial charge in [-0.1, -0.05) is 23.7 Å². The lowest BCUT2D eigenvalue weighted by molar-refractivity contribution is -0.384. The van der Waals surface area contributed by atoms with Gasteiger partial charge in [0.25, 0.3) is 11.6 Å². The van der Waals surface area contributed by atoms with Crippen LogP contribution in [0.5, 0.6) is 17.2 Å². The number of amides is 1. The van der Waals surface area contributed by atoms with Crippen molar-refractivity contribution in [1.82, 2.24) is 5.43 Å². The van der Waals surface area contributed by atoms with Gasteiger partial charge in [0.2, 0.25) is 0 Å². The summed E-state index contributed by atoms with van der Waals surface area (Å²) in [7, 11) is 0. The summed E-state index contributed by atoms with van der Waals surface area (Å²) in [4.78, 5) is 22.5. The van der Waals surface area contributed by atoms with Crippen LogP contribution < -0.4 is 14.9 Å². The average Bonchev–Trinajstić information content (AvgIpc) is 2.80. The highest BCUT2D eigenvalue weighted by atomic mass is 127. The van der Waals surface area contributed by atoms with Crippen LogP contribution in [0.15, 0.2) is 59.7 Å². The fourth-order valence-corrected chi connectivity index (χ4v) is 3.75. The topological polar surface area (TPSA) is 123 Å². The zero-order valence-corrected chi connectivity index (χ0v) is 20.7. The van der Waals surface area contributed by atoms with E-state index in [9.17, 15) is 20.0 Å². The molecule has 176 valence electrons. The summed E-state index contributed by atoms with van der Waals surface area (Å²) in [6.07, 6.45) is 1.39. The maximum absolute atomic E-state index is 12.3. The number of carbonyl (C=O) groups is 1. The fraction of sp³-hybridized carbons (Fsp3) is 0.130. The van der Waals surface area contributed by atoms with E-state index in [2.05, 4.69) is 33.1 Å². The van der Waals surface area contributed by atoms with E-state index in [1.165, 1.54) is 6.21 Å². The monoisotopic (exact) mass is 595 g/mol. The maximum Gasteiger partial charge on any atom is 0.275 e. The molecule has 0 aliphatic heterocycles. The molecule has 0 atom stereocenters. The summed E-state index contributed by atoms with van der Waals surface area (Å²) in [5.41, 5.74) is 3.23. The Hall–Kier alpha value is -3.38. The number of rotatable bonds is 9. The molecule has 0 saturated carbocycles. The van der Waals surface area contributed by atoms with Crippen LogP contribution in [0, 0.1) is 13.7 Å². The van der Waals surface area contributed by atoms with Gasteiger partial charge in [-0.15, -0.1) is 0 Å². The van der Waals surface area contributed by atoms with Crippen molar-refractivity contribution < 1.29 is 24.3 Å². The molecule has 0 spiro atoms. The minimum atomic E-state index is -0.792. The lowest BCUT2D eigenvalue weighted by Crippen LogP contribution is -2.18. The van der Waals surface area contributed by atoms with Crippen molar-refractivity contribution in [3.05, 3.63) is 90.0 Å². The molecule has 0 aliphatic carbocycles. The number of hydrogen-bond acceptors (Lipinski definition) is 7. The third-order valence-electron chi connectivity index (χ3n) is 4.44. The lowest BCUT2D eigenvalue weighted by atomic mass is 10.1. The van der Waals surface area contributed by atoms with Gasteiger partial charge >= 0.3 is 0 Å². The molecular formula is C23H19ClIN3O6. The molecule has 3 aromatic carbocycles. The Bertz CT molecular complexity index is 1230. The summed E-state index contributed by atoms with van der Waals surface area (Å²) in [6.45, 7) is 2.59. The summed E-state index contributed by atoms with van der Waals surface area (Å²) >= 11 is 8.04. The van der Waals surface area contributed by atoms with Gasteiger partial charge in [0.1, 0.15) is 12.4 Å². The molecule has 0 unspecified atom stereocenters. The second kappa shape index (κ2) is 11.7. The van der Waals surface area contributed by atoms with E-state index in [-0.39, 0.29) is 11.3 Å². The van der Waals surface area contributed by atoms with Crippen LogP contribution >= 0.6 is 34.2 Å². The number of hydrazone groups is 1. The largest absolute Gasteiger partial charge is 0.507 e. The predicted octanol–water partition coefficient (Wildman–Crippen LogP) is 5.30. The molecule has 0 fully saturated rings. The zero-order valence-electron chi connectivity index (χ0n) is 17.8. The number of hydrogen-bond donors (Lipinski definition) is 2. The van der Waals surface area contributed by atoms with Crippen LogP contribution in [-0.2, 0) is 6.61 Å². The maximum atomic E-state index is 12.3. The van der Waals surface area contributed by atoms with Crippen LogP contribution in [0.1, 0.15) is 28.4 Å². The molecule has 9 nitrogen and oxygen atoms in total. The van der Waals surface area contributed by atoms with Gasteiger partial charge < -0.3 is 14.6 Å². The number of nitro benzene ring substituents is 1. The highest BCUT2D eigenvalue weighted by molar-refractivity contribution is 14.1. The van der Waals surface area contributed by atoms with Crippen molar-refractivity contribution in [2.45, 2.75) is 13.5 Å². The number of nitro groups is 1. The number of aromatic hydroxyl groups is 1. The van der Waals surface area contributed by atoms with Crippen LogP contribution in [0.4, 0.5) is 5.69 Å². The SMILES string of the molecule is CCOc1cc(/C=N\NC(=O)c2cc([N+](=O)[O-])ccc2O)cc(I)c1OCc1ccc(Cl)cc1. The van der Waals surface area contributed by atoms with Gasteiger partial charge in [-0.3, -0.25) is 14.9 Å². The first-order valence-corrected chi connectivity index (χ1v) is 11.4. The first-order chi connectivity index (χ1) is 16.3. The van der Waals surface area contributed by atoms with E-state index in [4.69, 9.17) is 21.1 Å². The van der Waals surface area contributed by atoms with Crippen LogP contribution in [0.25, 0.3) is 0 Å². The molecule has 3 rings (SSSR count). The number of non-ortho nitro benzene ring substituents is 1. The van der Waals surface area contributed by atoms with Crippen molar-refractivity contribution in [1.29, 1.82) is 0 Å². The molecule has 0 radical (unpaired) electrons. The third-order valence-corrected chi connectivity index (χ3v) is 5.50. The van der Waals surface area contributed by atoms with Crippen LogP contribution in [-0.4, -0.2) is 28.8 Å². The number of carbonyl (C=O) groups excluding carboxylic acids is 1. The summed E-state index contributed by atoms with van der Waals surface area (Å²) in [6, 6.07) is 14.0. The van der Waals surface area contributed by atoms with E-state index >= 15 is 0 Å². The Kier molecular flexibility index (Phi) is 8.66. The van der Waals surface area contributed by atoms with E-state index in [1.807, 2.05) is 19.1 Å². The van der Waals surface area contributed by atoms with Crippen molar-refractivity contribution in [2.75, 3.05) is 6.61 Å². The van der Waals surface area contributed by atoms with Crippen molar-refractivity contribution in [2.24, 2.45) is 5.10 Å². The Balaban J connectivity index is 1.74. The zero-order chi connectivity index (χ0) is 24.7. The second-order valence-electron chi connectivity index (χ2n) is 6.84. The number of phenolic OH excluding ortho intramolecular Hbond substituents is 1. The Labute approximate surface area is 213 Å². The van der Waals surface area contributed by atoms with Crippen LogP contribution in [0.3, 0.4) is 0 Å². The molecular weight excluding hydrogens is 577 g/mol. The van der Waals surface area contributed by atoms with Crippen molar-refractivity contribution in [3.63, 3.8) is 0 Å². The Morgan fingerprint density at radius 3 is 2.62 bits per heavy atom. The summed E-state index contributed by atoms with van der Waals surface area (Å²) in [5.74, 6) is -0.110. The van der Waals surface area contributed by atoms with Crippen molar-refractivity contribution in [3.8, 4) is 17.2 Å². The molecule has 0 bridgehead atoms. The van der Waals surface area contributed by atoms with Gasteiger partial charge in [-0.2, -0.15) is 5.10 Å². The standard InChI is InChI=1S/C23H19ClIN3O6/c1-2-33-21-10-15(9-19(25)22(21)34-13-14-3-5-16(24)6-4-14)12-26-27-23(30)18-11-17(28(31)32)7-8-20(18)29/h3-12,29H,2,13H2,1H3,(H,27,30)/b26-12-. The van der Waals surface area contributed by atoms with E-state index < -0.39 is 16.6 Å². The number of nitrogens with zero attached hydrogens (tertiary/aromatic N) is 2. The quantitative estimate of drug-likeness (QED) is 0.150. The summed E-state index contributed by atoms with van der Waals surface area (Å²) < 4.78 is 12.5. The number of nitrogens with one attached hydrogen (secondary N) is 1. The average molecular weight is 596 g/mol. The Morgan fingerprint density at radius 1 is 1.21 bits per heavy atom. The number of phenols is 1. The molecule has 3 aromatic rings. The smallest absolute Gasteiger partial charge is 0.275 e. The van der Waals surface area contributed by atoms with Crippen LogP contribution in [0.2, 0.25) is 5.02 Å². The first kappa shape index (κ1) is 25.2. The Morgan fingerprint density at radius 2 is 1.94 bits per heavy atom. The normalized spacial score (nSPS) is 10.8. The van der Waals surface area contributed by atoms with Gasteiger partial charge in [-0.25, -0.2) is 5.43 Å². The number of ether oxygens (including phenoxy) is 2. The molecule has 0 aromatic heterocycles. The van der Waals surface area contributed by atoms with Gasteiger partial charge in [0, 0.05) is 17.2 Å². The van der Waals surface area contributed by atoms with E-state index in [0.29, 0.717) is 35.3 Å². The van der Waals surface area contributed by atoms with Crippen molar-refractivity contribution >= 4 is 52.0 Å². The second-order valence-corrected chi connectivity index (χ2v) is 8.43. The number of benzene rings is 3. The van der Waals surface area contributed by atoms with Gasteiger partial charge in [0.05, 0.1) is 26.9 Å². The van der Waals surface area contributed by atoms with Gasteiger partial charge in [0.15, 0.2) is 11.5 Å². The minimum absolute atomic E-state index is 0.262. The molecule has 0 heterocycles. The molecule has 0 aliphatic rings. The van der Waals surface area contributed by atoms with Gasteiger partial charge in [-0.05, 0) is 71.0 Å². The third kappa shape index (κ3) is 6.58.